The van der Waals surface area contributed by atoms with Crippen LogP contribution in [-0.2, 0) is 16.6 Å². The largest absolute Gasteiger partial charge is 0.389 e. The summed E-state index contributed by atoms with van der Waals surface area (Å²) in [4.78, 5) is 9.48. The minimum absolute atomic E-state index is 0.161. The summed E-state index contributed by atoms with van der Waals surface area (Å²) in [6.07, 6.45) is 5.40. The predicted octanol–water partition coefficient (Wildman–Crippen LogP) is 6.58. The van der Waals surface area contributed by atoms with Gasteiger partial charge in [0.25, 0.3) is 10.0 Å². The number of hydrogen-bond acceptors (Lipinski definition) is 7. The van der Waals surface area contributed by atoms with E-state index < -0.39 is 15.6 Å². The Morgan fingerprint density at radius 2 is 1.67 bits per heavy atom. The number of pyridine rings is 2. The van der Waals surface area contributed by atoms with Crippen LogP contribution in [0.15, 0.2) is 96.3 Å². The van der Waals surface area contributed by atoms with Crippen LogP contribution < -0.4 is 10.0 Å². The van der Waals surface area contributed by atoms with Crippen molar-refractivity contribution in [2.75, 3.05) is 10.0 Å². The molecule has 6 rings (SSSR count). The van der Waals surface area contributed by atoms with Crippen LogP contribution in [0.3, 0.4) is 0 Å². The summed E-state index contributed by atoms with van der Waals surface area (Å²) >= 11 is 0. The third-order valence-corrected chi connectivity index (χ3v) is 8.64. The molecule has 3 heterocycles. The average Bonchev–Trinajstić information content (AvgIpc) is 3.35. The smallest absolute Gasteiger partial charge is 0.261 e. The number of aromatic nitrogens is 4. The molecule has 3 aromatic carbocycles. The number of anilines is 3. The number of hydrogen-bond donors (Lipinski definition) is 3. The Morgan fingerprint density at radius 1 is 0.884 bits per heavy atom. The molecule has 0 saturated heterocycles. The van der Waals surface area contributed by atoms with Crippen LogP contribution in [0.25, 0.3) is 32.9 Å². The quantitative estimate of drug-likeness (QED) is 0.183. The first-order chi connectivity index (χ1) is 20.5. The van der Waals surface area contributed by atoms with E-state index in [9.17, 15) is 13.5 Å². The Labute approximate surface area is 250 Å². The van der Waals surface area contributed by atoms with E-state index in [4.69, 9.17) is 4.98 Å². The van der Waals surface area contributed by atoms with E-state index >= 15 is 0 Å². The van der Waals surface area contributed by atoms with Gasteiger partial charge in [0, 0.05) is 45.5 Å². The van der Waals surface area contributed by atoms with Gasteiger partial charge in [-0.3, -0.25) is 14.4 Å². The molecule has 0 spiro atoms. The van der Waals surface area contributed by atoms with Gasteiger partial charge >= 0.3 is 0 Å². The molecule has 218 valence electrons. The number of fused-ring (bicyclic) bond motifs is 2. The van der Waals surface area contributed by atoms with Crippen molar-refractivity contribution in [2.45, 2.75) is 44.7 Å². The molecule has 0 aliphatic carbocycles. The number of sulfonamides is 1. The maximum absolute atomic E-state index is 12.9. The summed E-state index contributed by atoms with van der Waals surface area (Å²) in [6.45, 7) is 7.88. The molecule has 3 aromatic heterocycles. The van der Waals surface area contributed by atoms with Gasteiger partial charge in [-0.25, -0.2) is 13.4 Å². The fraction of sp³-hybridized carbons (Fsp3) is 0.182. The van der Waals surface area contributed by atoms with Crippen LogP contribution in [0.4, 0.5) is 17.2 Å². The first-order valence-electron chi connectivity index (χ1n) is 13.9. The van der Waals surface area contributed by atoms with E-state index in [0.29, 0.717) is 23.7 Å². The van der Waals surface area contributed by atoms with Crippen molar-refractivity contribution in [3.8, 4) is 11.3 Å². The van der Waals surface area contributed by atoms with Gasteiger partial charge in [-0.1, -0.05) is 18.2 Å². The molecule has 3 N–H and O–H groups in total. The molecule has 0 aliphatic heterocycles. The van der Waals surface area contributed by atoms with Crippen LogP contribution in [0.2, 0.25) is 0 Å². The molecular weight excluding hydrogens is 560 g/mol. The summed E-state index contributed by atoms with van der Waals surface area (Å²) in [5, 5.41) is 21.0. The topological polar surface area (TPSA) is 122 Å². The van der Waals surface area contributed by atoms with E-state index in [1.54, 1.807) is 62.6 Å². The third-order valence-electron chi connectivity index (χ3n) is 7.24. The number of aliphatic hydroxyl groups is 1. The Bertz CT molecular complexity index is 2080. The van der Waals surface area contributed by atoms with Crippen LogP contribution in [-0.4, -0.2) is 38.9 Å². The molecule has 0 aliphatic rings. The summed E-state index contributed by atoms with van der Waals surface area (Å²) in [5.74, 6) is 0.604. The second-order valence-electron chi connectivity index (χ2n) is 11.4. The fourth-order valence-electron chi connectivity index (χ4n) is 5.18. The summed E-state index contributed by atoms with van der Waals surface area (Å²) < 4.78 is 30.3. The first kappa shape index (κ1) is 28.3. The Hall–Kier alpha value is -4.80. The lowest BCUT2D eigenvalue weighted by atomic mass is 9.98. The zero-order valence-corrected chi connectivity index (χ0v) is 25.1. The molecule has 0 bridgehead atoms. The monoisotopic (exact) mass is 592 g/mol. The standard InChI is InChI=1S/C33H32N6O3S/c1-21-6-5-7-25(16-21)38-43(41,42)26-10-8-24(9-11-26)37-31-17-28-23(18-35-31)14-15-34-32(28)27-12-13-30-29(22(27)2)19-36-39(30)20-33(3,4)40/h5-19,38,40H,20H2,1-4H3,(H,35,37). The maximum atomic E-state index is 12.9. The third kappa shape index (κ3) is 5.93. The summed E-state index contributed by atoms with van der Waals surface area (Å²) in [5.41, 5.74) is 5.10. The van der Waals surface area contributed by atoms with E-state index in [2.05, 4.69) is 27.0 Å². The average molecular weight is 593 g/mol. The molecular formula is C33H32N6O3S. The molecule has 0 amide bonds. The van der Waals surface area contributed by atoms with Crippen LogP contribution in [0.1, 0.15) is 25.0 Å². The highest BCUT2D eigenvalue weighted by molar-refractivity contribution is 7.92. The van der Waals surface area contributed by atoms with Crippen LogP contribution in [0.5, 0.6) is 0 Å². The summed E-state index contributed by atoms with van der Waals surface area (Å²) in [7, 11) is -3.73. The first-order valence-corrected chi connectivity index (χ1v) is 15.3. The van der Waals surface area contributed by atoms with Gasteiger partial charge in [0.15, 0.2) is 0 Å². The van der Waals surface area contributed by atoms with Crippen molar-refractivity contribution in [3.05, 3.63) is 103 Å². The molecule has 10 heteroatoms. The number of rotatable bonds is 8. The van der Waals surface area contributed by atoms with Gasteiger partial charge in [-0.15, -0.1) is 0 Å². The predicted molar refractivity (Wildman–Crippen MR) is 171 cm³/mol. The van der Waals surface area contributed by atoms with E-state index in [1.165, 1.54) is 0 Å². The van der Waals surface area contributed by atoms with E-state index in [-0.39, 0.29) is 4.90 Å². The number of benzene rings is 3. The minimum atomic E-state index is -3.73. The number of nitrogens with zero attached hydrogens (tertiary/aromatic N) is 4. The molecule has 0 saturated carbocycles. The molecule has 0 atom stereocenters. The lowest BCUT2D eigenvalue weighted by Crippen LogP contribution is -2.26. The molecule has 0 unspecified atom stereocenters. The van der Waals surface area contributed by atoms with Crippen LogP contribution >= 0.6 is 0 Å². The lowest BCUT2D eigenvalue weighted by molar-refractivity contribution is 0.0591. The highest BCUT2D eigenvalue weighted by Gasteiger charge is 2.19. The Kier molecular flexibility index (Phi) is 7.11. The highest BCUT2D eigenvalue weighted by atomic mass is 32.2. The van der Waals surface area contributed by atoms with Crippen molar-refractivity contribution < 1.29 is 13.5 Å². The molecule has 43 heavy (non-hydrogen) atoms. The van der Waals surface area contributed by atoms with Gasteiger partial charge < -0.3 is 10.4 Å². The molecule has 0 radical (unpaired) electrons. The molecule has 6 aromatic rings. The van der Waals surface area contributed by atoms with E-state index in [1.807, 2.05) is 54.2 Å². The number of aryl methyl sites for hydroxylation is 2. The van der Waals surface area contributed by atoms with E-state index in [0.717, 1.165) is 44.1 Å². The van der Waals surface area contributed by atoms with Crippen molar-refractivity contribution in [1.82, 2.24) is 19.7 Å². The van der Waals surface area contributed by atoms with Gasteiger partial charge in [-0.05, 0) is 93.4 Å². The molecule has 0 fully saturated rings. The zero-order chi connectivity index (χ0) is 30.4. The zero-order valence-electron chi connectivity index (χ0n) is 24.3. The normalized spacial score (nSPS) is 12.1. The fourth-order valence-corrected chi connectivity index (χ4v) is 6.23. The number of nitrogens with one attached hydrogen (secondary N) is 2. The Balaban J connectivity index is 1.28. The molecule has 9 nitrogen and oxygen atoms in total. The van der Waals surface area contributed by atoms with Gasteiger partial charge in [0.2, 0.25) is 0 Å². The van der Waals surface area contributed by atoms with Crippen LogP contribution in [0, 0.1) is 13.8 Å². The van der Waals surface area contributed by atoms with Crippen molar-refractivity contribution in [1.29, 1.82) is 0 Å². The maximum Gasteiger partial charge on any atom is 0.261 e. The van der Waals surface area contributed by atoms with Crippen molar-refractivity contribution in [3.63, 3.8) is 0 Å². The summed E-state index contributed by atoms with van der Waals surface area (Å²) in [6, 6.07) is 21.7. The second kappa shape index (κ2) is 10.8. The van der Waals surface area contributed by atoms with Crippen molar-refractivity contribution in [2.24, 2.45) is 0 Å². The van der Waals surface area contributed by atoms with Gasteiger partial charge in [0.05, 0.1) is 34.4 Å². The minimum Gasteiger partial charge on any atom is -0.389 e. The van der Waals surface area contributed by atoms with Gasteiger partial charge in [-0.2, -0.15) is 5.10 Å². The lowest BCUT2D eigenvalue weighted by Gasteiger charge is -2.18. The SMILES string of the molecule is Cc1cccc(NS(=O)(=O)c2ccc(Nc3cc4c(-c5ccc6c(cnn6CC(C)(C)O)c5C)nccc4cn3)cc2)c1. The van der Waals surface area contributed by atoms with Gasteiger partial charge in [0.1, 0.15) is 5.82 Å². The Morgan fingerprint density at radius 3 is 2.42 bits per heavy atom. The van der Waals surface area contributed by atoms with Crippen molar-refractivity contribution >= 4 is 48.9 Å². The second-order valence-corrected chi connectivity index (χ2v) is 13.0. The highest BCUT2D eigenvalue weighted by Crippen LogP contribution is 2.34.